The molecule has 1 heterocycles. The molecule has 0 saturated heterocycles. The predicted octanol–water partition coefficient (Wildman–Crippen LogP) is 3.66. The second kappa shape index (κ2) is 7.56. The Bertz CT molecular complexity index is 978. The van der Waals surface area contributed by atoms with Gasteiger partial charge in [0.25, 0.3) is 5.91 Å². The van der Waals surface area contributed by atoms with Crippen molar-refractivity contribution in [1.82, 2.24) is 0 Å². The minimum absolute atomic E-state index is 0.108. The zero-order valence-electron chi connectivity index (χ0n) is 15.7. The largest absolute Gasteiger partial charge is 0.494 e. The summed E-state index contributed by atoms with van der Waals surface area (Å²) in [6.07, 6.45) is 1.58. The molecule has 2 aromatic carbocycles. The fourth-order valence-electron chi connectivity index (χ4n) is 3.05. The van der Waals surface area contributed by atoms with Crippen LogP contribution in [0.15, 0.2) is 53.9 Å². The van der Waals surface area contributed by atoms with E-state index in [2.05, 4.69) is 0 Å². The van der Waals surface area contributed by atoms with Gasteiger partial charge in [-0.15, -0.1) is 0 Å². The van der Waals surface area contributed by atoms with Gasteiger partial charge in [-0.1, -0.05) is 6.07 Å². The minimum atomic E-state index is -3.29. The molecule has 6 heteroatoms. The van der Waals surface area contributed by atoms with Crippen molar-refractivity contribution in [2.24, 2.45) is 0 Å². The fourth-order valence-corrected chi connectivity index (χ4v) is 4.32. The Kier molecular flexibility index (Phi) is 5.37. The van der Waals surface area contributed by atoms with E-state index in [-0.39, 0.29) is 11.7 Å². The molecule has 1 aliphatic heterocycles. The van der Waals surface area contributed by atoms with Crippen molar-refractivity contribution in [3.8, 4) is 5.75 Å². The molecule has 0 N–H and O–H groups in total. The van der Waals surface area contributed by atoms with Crippen molar-refractivity contribution >= 4 is 21.4 Å². The second-order valence-corrected chi connectivity index (χ2v) is 8.56. The monoisotopic (exact) mass is 385 g/mol. The number of hydrogen-bond acceptors (Lipinski definition) is 4. The normalized spacial score (nSPS) is 17.7. The minimum Gasteiger partial charge on any atom is -0.494 e. The number of hydrogen-bond donors (Lipinski definition) is 0. The third-order valence-electron chi connectivity index (χ3n) is 4.64. The summed E-state index contributed by atoms with van der Waals surface area (Å²) in [6, 6.07) is 12.1. The van der Waals surface area contributed by atoms with Crippen LogP contribution in [-0.4, -0.2) is 32.7 Å². The molecule has 5 nitrogen and oxygen atoms in total. The Labute approximate surface area is 160 Å². The van der Waals surface area contributed by atoms with Crippen LogP contribution in [0.1, 0.15) is 28.4 Å². The van der Waals surface area contributed by atoms with Crippen LogP contribution in [0, 0.1) is 13.8 Å². The zero-order valence-corrected chi connectivity index (χ0v) is 16.5. The second-order valence-electron chi connectivity index (χ2n) is 6.63. The van der Waals surface area contributed by atoms with Crippen molar-refractivity contribution in [3.63, 3.8) is 0 Å². The maximum atomic E-state index is 13.3. The summed E-state index contributed by atoms with van der Waals surface area (Å²) in [5, 5.41) is 1.19. The van der Waals surface area contributed by atoms with Crippen LogP contribution >= 0.6 is 0 Å². The first-order chi connectivity index (χ1) is 12.8. The van der Waals surface area contributed by atoms with Crippen LogP contribution in [0.25, 0.3) is 0 Å². The summed E-state index contributed by atoms with van der Waals surface area (Å²) in [7, 11) is -3.29. The first-order valence-corrected chi connectivity index (χ1v) is 10.6. The first kappa shape index (κ1) is 19.2. The third kappa shape index (κ3) is 4.22. The highest BCUT2D eigenvalue weighted by Gasteiger charge is 2.32. The van der Waals surface area contributed by atoms with Gasteiger partial charge in [0.05, 0.1) is 18.4 Å². The van der Waals surface area contributed by atoms with Gasteiger partial charge in [-0.25, -0.2) is 8.42 Å². The predicted molar refractivity (Wildman–Crippen MR) is 107 cm³/mol. The number of carbonyl (C=O) groups excluding carboxylic acids is 1. The number of anilines is 1. The molecular weight excluding hydrogens is 362 g/mol. The van der Waals surface area contributed by atoms with Gasteiger partial charge < -0.3 is 9.64 Å². The van der Waals surface area contributed by atoms with E-state index in [0.29, 0.717) is 23.6 Å². The number of rotatable bonds is 5. The van der Waals surface area contributed by atoms with Crippen molar-refractivity contribution in [1.29, 1.82) is 0 Å². The lowest BCUT2D eigenvalue weighted by Crippen LogP contribution is -2.41. The molecule has 0 radical (unpaired) electrons. The molecule has 1 atom stereocenters. The molecule has 0 unspecified atom stereocenters. The zero-order chi connectivity index (χ0) is 19.6. The van der Waals surface area contributed by atoms with E-state index >= 15 is 0 Å². The lowest BCUT2D eigenvalue weighted by atomic mass is 10.1. The topological polar surface area (TPSA) is 63.7 Å². The highest BCUT2D eigenvalue weighted by molar-refractivity contribution is 7.94. The molecule has 0 aliphatic carbocycles. The number of aryl methyl sites for hydroxylation is 2. The van der Waals surface area contributed by atoms with Gasteiger partial charge in [0.2, 0.25) is 0 Å². The van der Waals surface area contributed by atoms with E-state index < -0.39 is 15.9 Å². The molecule has 1 amide bonds. The van der Waals surface area contributed by atoms with Crippen LogP contribution in [-0.2, 0) is 9.84 Å². The van der Waals surface area contributed by atoms with Gasteiger partial charge in [0, 0.05) is 16.7 Å². The molecule has 0 bridgehead atoms. The molecule has 142 valence electrons. The molecule has 3 rings (SSSR count). The summed E-state index contributed by atoms with van der Waals surface area (Å²) in [5.41, 5.74) is 3.32. The van der Waals surface area contributed by atoms with Crippen molar-refractivity contribution < 1.29 is 17.9 Å². The van der Waals surface area contributed by atoms with Crippen molar-refractivity contribution in [2.45, 2.75) is 26.8 Å². The first-order valence-electron chi connectivity index (χ1n) is 8.85. The summed E-state index contributed by atoms with van der Waals surface area (Å²) in [6.45, 7) is 6.41. The third-order valence-corrected chi connectivity index (χ3v) is 6.02. The number of amides is 1. The molecule has 0 aromatic heterocycles. The Morgan fingerprint density at radius 1 is 1.11 bits per heavy atom. The number of carbonyl (C=O) groups is 1. The van der Waals surface area contributed by atoms with E-state index in [1.54, 1.807) is 35.2 Å². The average Bonchev–Trinajstić information content (AvgIpc) is 2.98. The van der Waals surface area contributed by atoms with E-state index in [1.165, 1.54) is 5.41 Å². The fraction of sp³-hybridized carbons (Fsp3) is 0.286. The molecule has 1 aliphatic rings. The van der Waals surface area contributed by atoms with Crippen molar-refractivity contribution in [2.75, 3.05) is 17.3 Å². The number of benzene rings is 2. The molecule has 0 saturated carbocycles. The summed E-state index contributed by atoms with van der Waals surface area (Å²) in [5.74, 6) is 0.339. The van der Waals surface area contributed by atoms with E-state index in [1.807, 2.05) is 39.0 Å². The van der Waals surface area contributed by atoms with Gasteiger partial charge in [-0.3, -0.25) is 4.79 Å². The summed E-state index contributed by atoms with van der Waals surface area (Å²) >= 11 is 0. The number of ether oxygens (including phenoxy) is 1. The standard InChI is InChI=1S/C21H23NO4S/c1-4-26-20-9-6-17(7-10-20)21(23)22(19-11-12-27(24,25)14-19)18-8-5-15(2)16(3)13-18/h5-13,19H,4,14H2,1-3H3/t19-/m0/s1. The van der Waals surface area contributed by atoms with Crippen molar-refractivity contribution in [3.05, 3.63) is 70.6 Å². The lowest BCUT2D eigenvalue weighted by Gasteiger charge is -2.28. The molecule has 0 spiro atoms. The lowest BCUT2D eigenvalue weighted by molar-refractivity contribution is 0.0983. The SMILES string of the molecule is CCOc1ccc(C(=O)N(c2ccc(C)c(C)c2)[C@H]2C=CS(=O)(=O)C2)cc1. The molecule has 2 aromatic rings. The summed E-state index contributed by atoms with van der Waals surface area (Å²) < 4.78 is 29.3. The van der Waals surface area contributed by atoms with Crippen LogP contribution in [0.4, 0.5) is 5.69 Å². The Balaban J connectivity index is 1.99. The average molecular weight is 385 g/mol. The highest BCUT2D eigenvalue weighted by atomic mass is 32.2. The van der Waals surface area contributed by atoms with Gasteiger partial charge in [0.1, 0.15) is 5.75 Å². The van der Waals surface area contributed by atoms with Gasteiger partial charge in [-0.2, -0.15) is 0 Å². The smallest absolute Gasteiger partial charge is 0.258 e. The van der Waals surface area contributed by atoms with Crippen LogP contribution in [0.3, 0.4) is 0 Å². The summed E-state index contributed by atoms with van der Waals surface area (Å²) in [4.78, 5) is 14.8. The van der Waals surface area contributed by atoms with E-state index in [4.69, 9.17) is 4.74 Å². The van der Waals surface area contributed by atoms with E-state index in [9.17, 15) is 13.2 Å². The highest BCUT2D eigenvalue weighted by Crippen LogP contribution is 2.27. The van der Waals surface area contributed by atoms with Gasteiger partial charge in [0.15, 0.2) is 9.84 Å². The quantitative estimate of drug-likeness (QED) is 0.788. The van der Waals surface area contributed by atoms with Gasteiger partial charge in [-0.05, 0) is 74.4 Å². The van der Waals surface area contributed by atoms with Gasteiger partial charge >= 0.3 is 0 Å². The van der Waals surface area contributed by atoms with Crippen LogP contribution in [0.5, 0.6) is 5.75 Å². The van der Waals surface area contributed by atoms with Crippen LogP contribution in [0.2, 0.25) is 0 Å². The van der Waals surface area contributed by atoms with E-state index in [0.717, 1.165) is 11.1 Å². The maximum absolute atomic E-state index is 13.3. The Morgan fingerprint density at radius 3 is 2.37 bits per heavy atom. The number of nitrogens with zero attached hydrogens (tertiary/aromatic N) is 1. The Morgan fingerprint density at radius 2 is 1.81 bits per heavy atom. The molecule has 0 fully saturated rings. The molecule has 27 heavy (non-hydrogen) atoms. The molecular formula is C21H23NO4S. The number of sulfone groups is 1. The van der Waals surface area contributed by atoms with Crippen LogP contribution < -0.4 is 9.64 Å². The Hall–Kier alpha value is -2.60. The maximum Gasteiger partial charge on any atom is 0.258 e.